The molecule has 0 fully saturated rings. The van der Waals surface area contributed by atoms with E-state index in [9.17, 15) is 4.79 Å². The van der Waals surface area contributed by atoms with E-state index in [1.807, 2.05) is 11.4 Å². The van der Waals surface area contributed by atoms with Gasteiger partial charge in [-0.2, -0.15) is 0 Å². The van der Waals surface area contributed by atoms with Gasteiger partial charge in [-0.3, -0.25) is 4.79 Å². The number of carbonyl (C=O) groups is 1. The molecule has 2 rings (SSSR count). The van der Waals surface area contributed by atoms with Crippen molar-refractivity contribution in [2.24, 2.45) is 0 Å². The first-order valence-corrected chi connectivity index (χ1v) is 7.40. The molecule has 0 aliphatic carbocycles. The van der Waals surface area contributed by atoms with E-state index in [-0.39, 0.29) is 5.91 Å². The molecule has 0 bridgehead atoms. The molecule has 1 heterocycles. The van der Waals surface area contributed by atoms with Crippen molar-refractivity contribution in [1.82, 2.24) is 4.98 Å². The van der Waals surface area contributed by atoms with Gasteiger partial charge in [0.25, 0.3) is 0 Å². The van der Waals surface area contributed by atoms with Gasteiger partial charge in [0.1, 0.15) is 5.38 Å². The van der Waals surface area contributed by atoms with Crippen molar-refractivity contribution in [2.75, 3.05) is 5.32 Å². The van der Waals surface area contributed by atoms with Crippen LogP contribution in [-0.4, -0.2) is 16.3 Å². The molecule has 2 aromatic rings. The van der Waals surface area contributed by atoms with Crippen molar-refractivity contribution in [3.8, 4) is 11.3 Å². The Labute approximate surface area is 129 Å². The third-order valence-corrected chi connectivity index (χ3v) is 4.01. The minimum atomic E-state index is -0.600. The Morgan fingerprint density at radius 3 is 2.74 bits per heavy atom. The first-order valence-electron chi connectivity index (χ1n) is 5.33. The van der Waals surface area contributed by atoms with Crippen molar-refractivity contribution in [3.05, 3.63) is 33.6 Å². The van der Waals surface area contributed by atoms with Crippen molar-refractivity contribution in [3.63, 3.8) is 0 Å². The number of nitrogens with one attached hydrogen (secondary N) is 1. The minimum absolute atomic E-state index is 0.281. The number of rotatable bonds is 3. The zero-order chi connectivity index (χ0) is 14.0. The Morgan fingerprint density at radius 2 is 2.11 bits per heavy atom. The topological polar surface area (TPSA) is 42.0 Å². The molecule has 1 aromatic carbocycles. The van der Waals surface area contributed by atoms with Gasteiger partial charge in [-0.25, -0.2) is 4.98 Å². The van der Waals surface area contributed by atoms with E-state index in [1.165, 1.54) is 11.3 Å². The molecule has 0 aliphatic heterocycles. The van der Waals surface area contributed by atoms with E-state index in [0.29, 0.717) is 15.2 Å². The quantitative estimate of drug-likeness (QED) is 0.827. The monoisotopic (exact) mass is 334 g/mol. The first-order chi connectivity index (χ1) is 8.97. The number of aromatic nitrogens is 1. The fourth-order valence-corrected chi connectivity index (χ4v) is 2.40. The number of alkyl halides is 1. The van der Waals surface area contributed by atoms with E-state index in [1.54, 1.807) is 19.1 Å². The normalized spacial score (nSPS) is 12.2. The van der Waals surface area contributed by atoms with Crippen LogP contribution in [0.5, 0.6) is 0 Å². The highest BCUT2D eigenvalue weighted by Crippen LogP contribution is 2.30. The lowest BCUT2D eigenvalue weighted by Crippen LogP contribution is -2.20. The summed E-state index contributed by atoms with van der Waals surface area (Å²) in [6.45, 7) is 1.60. The summed E-state index contributed by atoms with van der Waals surface area (Å²) in [5, 5.41) is 5.32. The summed E-state index contributed by atoms with van der Waals surface area (Å²) in [5.74, 6) is -0.281. The van der Waals surface area contributed by atoms with Crippen LogP contribution in [0.3, 0.4) is 0 Å². The van der Waals surface area contributed by atoms with Gasteiger partial charge >= 0.3 is 0 Å². The minimum Gasteiger partial charge on any atom is -0.301 e. The first kappa shape index (κ1) is 14.6. The molecule has 19 heavy (non-hydrogen) atoms. The second-order valence-electron chi connectivity index (χ2n) is 3.77. The lowest BCUT2D eigenvalue weighted by Gasteiger charge is -2.02. The number of anilines is 1. The molecule has 0 radical (unpaired) electrons. The van der Waals surface area contributed by atoms with Crippen LogP contribution in [0.25, 0.3) is 11.3 Å². The van der Waals surface area contributed by atoms with Crippen LogP contribution in [0.4, 0.5) is 5.13 Å². The SMILES string of the molecule is CC(Cl)C(=O)Nc1nc(-c2ccc(Cl)c(Cl)c2)cs1. The van der Waals surface area contributed by atoms with E-state index in [2.05, 4.69) is 10.3 Å². The predicted molar refractivity (Wildman–Crippen MR) is 81.5 cm³/mol. The number of nitrogens with zero attached hydrogens (tertiary/aromatic N) is 1. The second-order valence-corrected chi connectivity index (χ2v) is 6.10. The molecule has 3 nitrogen and oxygen atoms in total. The third kappa shape index (κ3) is 3.60. The van der Waals surface area contributed by atoms with Crippen LogP contribution in [0, 0.1) is 0 Å². The van der Waals surface area contributed by atoms with Crippen molar-refractivity contribution in [2.45, 2.75) is 12.3 Å². The lowest BCUT2D eigenvalue weighted by atomic mass is 10.2. The van der Waals surface area contributed by atoms with Crippen molar-refractivity contribution in [1.29, 1.82) is 0 Å². The molecule has 0 saturated heterocycles. The summed E-state index contributed by atoms with van der Waals surface area (Å²) in [7, 11) is 0. The van der Waals surface area contributed by atoms with E-state index >= 15 is 0 Å². The van der Waals surface area contributed by atoms with Gasteiger partial charge in [0.2, 0.25) is 5.91 Å². The molecular weight excluding hydrogens is 327 g/mol. The molecule has 1 unspecified atom stereocenters. The molecule has 1 amide bonds. The van der Waals surface area contributed by atoms with Gasteiger partial charge < -0.3 is 5.32 Å². The maximum atomic E-state index is 11.4. The average molecular weight is 336 g/mol. The predicted octanol–water partition coefficient (Wildman–Crippen LogP) is 4.68. The fourth-order valence-electron chi connectivity index (χ4n) is 1.32. The summed E-state index contributed by atoms with van der Waals surface area (Å²) < 4.78 is 0. The summed E-state index contributed by atoms with van der Waals surface area (Å²) in [4.78, 5) is 15.7. The van der Waals surface area contributed by atoms with Crippen molar-refractivity contribution < 1.29 is 4.79 Å². The smallest absolute Gasteiger partial charge is 0.243 e. The van der Waals surface area contributed by atoms with Crippen LogP contribution in [0.2, 0.25) is 10.0 Å². The molecule has 1 aromatic heterocycles. The Bertz CT molecular complexity index is 613. The van der Waals surface area contributed by atoms with Gasteiger partial charge in [-0.15, -0.1) is 22.9 Å². The zero-order valence-electron chi connectivity index (χ0n) is 9.78. The number of halogens is 3. The van der Waals surface area contributed by atoms with Crippen LogP contribution < -0.4 is 5.32 Å². The number of amides is 1. The van der Waals surface area contributed by atoms with Gasteiger partial charge in [-0.1, -0.05) is 29.3 Å². The Balaban J connectivity index is 2.21. The van der Waals surface area contributed by atoms with Gasteiger partial charge in [0, 0.05) is 10.9 Å². The zero-order valence-corrected chi connectivity index (χ0v) is 12.9. The van der Waals surface area contributed by atoms with Crippen LogP contribution in [0.15, 0.2) is 23.6 Å². The Kier molecular flexibility index (Phi) is 4.68. The lowest BCUT2D eigenvalue weighted by molar-refractivity contribution is -0.115. The summed E-state index contributed by atoms with van der Waals surface area (Å²) in [5.41, 5.74) is 1.56. The molecule has 1 N–H and O–H groups in total. The molecule has 0 spiro atoms. The van der Waals surface area contributed by atoms with E-state index in [4.69, 9.17) is 34.8 Å². The van der Waals surface area contributed by atoms with Gasteiger partial charge in [-0.05, 0) is 19.1 Å². The number of carbonyl (C=O) groups excluding carboxylic acids is 1. The number of thiazole rings is 1. The van der Waals surface area contributed by atoms with Crippen molar-refractivity contribution >= 4 is 57.2 Å². The highest BCUT2D eigenvalue weighted by molar-refractivity contribution is 7.14. The summed E-state index contributed by atoms with van der Waals surface area (Å²) >= 11 is 18.8. The highest BCUT2D eigenvalue weighted by atomic mass is 35.5. The molecule has 0 aliphatic rings. The summed E-state index contributed by atoms with van der Waals surface area (Å²) in [6, 6.07) is 5.26. The molecule has 7 heteroatoms. The Hall–Kier alpha value is -0.810. The molecule has 100 valence electrons. The van der Waals surface area contributed by atoms with Crippen LogP contribution in [-0.2, 0) is 4.79 Å². The van der Waals surface area contributed by atoms with Crippen LogP contribution in [0.1, 0.15) is 6.92 Å². The summed E-state index contributed by atoms with van der Waals surface area (Å²) in [6.07, 6.45) is 0. The molecular formula is C12H9Cl3N2OS. The van der Waals surface area contributed by atoms with Gasteiger partial charge in [0.15, 0.2) is 5.13 Å². The molecule has 0 saturated carbocycles. The fraction of sp³-hybridized carbons (Fsp3) is 0.167. The maximum Gasteiger partial charge on any atom is 0.243 e. The second kappa shape index (κ2) is 6.09. The highest BCUT2D eigenvalue weighted by Gasteiger charge is 2.12. The maximum absolute atomic E-state index is 11.4. The van der Waals surface area contributed by atoms with E-state index < -0.39 is 5.38 Å². The standard InChI is InChI=1S/C12H9Cl3N2OS/c1-6(13)11(18)17-12-16-10(5-19-12)7-2-3-8(14)9(15)4-7/h2-6H,1H3,(H,16,17,18). The van der Waals surface area contributed by atoms with Gasteiger partial charge in [0.05, 0.1) is 15.7 Å². The number of hydrogen-bond donors (Lipinski definition) is 1. The largest absolute Gasteiger partial charge is 0.301 e. The van der Waals surface area contributed by atoms with Crippen LogP contribution >= 0.6 is 46.1 Å². The number of hydrogen-bond acceptors (Lipinski definition) is 3. The molecule has 1 atom stereocenters. The number of benzene rings is 1. The Morgan fingerprint density at radius 1 is 1.37 bits per heavy atom. The van der Waals surface area contributed by atoms with E-state index in [0.717, 1.165) is 11.3 Å². The third-order valence-electron chi connectivity index (χ3n) is 2.31. The average Bonchev–Trinajstić information content (AvgIpc) is 2.81.